The standard InChI is InChI=1S/C28H30ClN3O7S/c1-37-24-12-10-19(29)16-23(24)32(40(35,36)20-11-13-25(38-2)26(17-20)39-3)18-27(33)30-22-9-5-4-8-21(22)28(34)31-14-6-7-15-31/h4-5,8-13,16-17H,6-7,14-15,18H2,1-3H3,(H,30,33). The maximum Gasteiger partial charge on any atom is 0.265 e. The molecule has 3 aromatic carbocycles. The molecule has 2 amide bonds. The first-order valence-electron chi connectivity index (χ1n) is 12.5. The molecule has 0 radical (unpaired) electrons. The van der Waals surface area contributed by atoms with Gasteiger partial charge in [-0.05, 0) is 55.3 Å². The fraction of sp³-hybridized carbons (Fsp3) is 0.286. The van der Waals surface area contributed by atoms with Crippen LogP contribution in [0.15, 0.2) is 65.6 Å². The van der Waals surface area contributed by atoms with Crippen molar-refractivity contribution in [1.82, 2.24) is 4.90 Å². The van der Waals surface area contributed by atoms with Gasteiger partial charge >= 0.3 is 0 Å². The SMILES string of the molecule is COc1ccc(S(=O)(=O)N(CC(=O)Nc2ccccc2C(=O)N2CCCC2)c2cc(Cl)ccc2OC)cc1OC. The number of rotatable bonds is 10. The van der Waals surface area contributed by atoms with E-state index in [-0.39, 0.29) is 38.7 Å². The van der Waals surface area contributed by atoms with E-state index in [0.717, 1.165) is 17.1 Å². The van der Waals surface area contributed by atoms with Gasteiger partial charge in [0.25, 0.3) is 15.9 Å². The number of para-hydroxylation sites is 1. The Morgan fingerprint density at radius 2 is 1.55 bits per heavy atom. The lowest BCUT2D eigenvalue weighted by atomic mass is 10.1. The number of hydrogen-bond donors (Lipinski definition) is 1. The molecule has 0 bridgehead atoms. The molecule has 1 aliphatic rings. The molecule has 3 aromatic rings. The van der Waals surface area contributed by atoms with Crippen molar-refractivity contribution < 1.29 is 32.2 Å². The molecule has 10 nitrogen and oxygen atoms in total. The third-order valence-electron chi connectivity index (χ3n) is 6.46. The van der Waals surface area contributed by atoms with Crippen LogP contribution in [-0.4, -0.2) is 66.1 Å². The molecule has 212 valence electrons. The molecule has 0 aromatic heterocycles. The van der Waals surface area contributed by atoms with Gasteiger partial charge in [0.2, 0.25) is 5.91 Å². The van der Waals surface area contributed by atoms with Crippen LogP contribution in [0.1, 0.15) is 23.2 Å². The molecule has 1 aliphatic heterocycles. The second-order valence-electron chi connectivity index (χ2n) is 8.94. The lowest BCUT2D eigenvalue weighted by Gasteiger charge is -2.26. The van der Waals surface area contributed by atoms with Gasteiger partial charge in [-0.25, -0.2) is 8.42 Å². The number of amides is 2. The average molecular weight is 588 g/mol. The number of hydrogen-bond acceptors (Lipinski definition) is 7. The number of nitrogens with zero attached hydrogens (tertiary/aromatic N) is 2. The fourth-order valence-corrected chi connectivity index (χ4v) is 6.06. The summed E-state index contributed by atoms with van der Waals surface area (Å²) in [6.07, 6.45) is 1.84. The highest BCUT2D eigenvalue weighted by Gasteiger charge is 2.31. The molecule has 12 heteroatoms. The third kappa shape index (κ3) is 6.10. The number of carbonyl (C=O) groups is 2. The van der Waals surface area contributed by atoms with Gasteiger partial charge in [-0.2, -0.15) is 0 Å². The Kier molecular flexibility index (Phi) is 9.06. The van der Waals surface area contributed by atoms with E-state index in [4.69, 9.17) is 25.8 Å². The summed E-state index contributed by atoms with van der Waals surface area (Å²) in [4.78, 5) is 28.1. The van der Waals surface area contributed by atoms with E-state index >= 15 is 0 Å². The van der Waals surface area contributed by atoms with Gasteiger partial charge in [-0.1, -0.05) is 23.7 Å². The predicted molar refractivity (Wildman–Crippen MR) is 152 cm³/mol. The van der Waals surface area contributed by atoms with E-state index < -0.39 is 22.5 Å². The maximum atomic E-state index is 14.0. The third-order valence-corrected chi connectivity index (χ3v) is 8.46. The summed E-state index contributed by atoms with van der Waals surface area (Å²) in [6, 6.07) is 15.2. The van der Waals surface area contributed by atoms with Gasteiger partial charge in [-0.3, -0.25) is 13.9 Å². The quantitative estimate of drug-likeness (QED) is 0.373. The zero-order valence-corrected chi connectivity index (χ0v) is 23.9. The zero-order valence-electron chi connectivity index (χ0n) is 22.3. The predicted octanol–water partition coefficient (Wildman–Crippen LogP) is 4.44. The summed E-state index contributed by atoms with van der Waals surface area (Å²) in [7, 11) is -0.156. The molecular formula is C28H30ClN3O7S. The molecule has 0 unspecified atom stereocenters. The Labute approximate surface area is 238 Å². The van der Waals surface area contributed by atoms with Gasteiger partial charge < -0.3 is 24.4 Å². The molecule has 0 atom stereocenters. The Balaban J connectivity index is 1.72. The average Bonchev–Trinajstić information content (AvgIpc) is 3.50. The highest BCUT2D eigenvalue weighted by molar-refractivity contribution is 7.92. The molecule has 40 heavy (non-hydrogen) atoms. The van der Waals surface area contributed by atoms with Crippen LogP contribution in [0.5, 0.6) is 17.2 Å². The first-order valence-corrected chi connectivity index (χ1v) is 14.3. The summed E-state index contributed by atoms with van der Waals surface area (Å²) < 4.78 is 44.9. The number of likely N-dealkylation sites (tertiary alicyclic amines) is 1. The monoisotopic (exact) mass is 587 g/mol. The van der Waals surface area contributed by atoms with Crippen molar-refractivity contribution in [2.45, 2.75) is 17.7 Å². The number of ether oxygens (including phenoxy) is 3. The second-order valence-corrected chi connectivity index (χ2v) is 11.2. The first kappa shape index (κ1) is 29.0. The van der Waals surface area contributed by atoms with Crippen molar-refractivity contribution in [3.8, 4) is 17.2 Å². The van der Waals surface area contributed by atoms with Gasteiger partial charge in [0.1, 0.15) is 12.3 Å². The highest BCUT2D eigenvalue weighted by atomic mass is 35.5. The normalized spacial score (nSPS) is 13.1. The number of halogens is 1. The lowest BCUT2D eigenvalue weighted by molar-refractivity contribution is -0.114. The Morgan fingerprint density at radius 1 is 0.900 bits per heavy atom. The van der Waals surface area contributed by atoms with Crippen LogP contribution in [0.3, 0.4) is 0 Å². The molecule has 1 heterocycles. The lowest BCUT2D eigenvalue weighted by Crippen LogP contribution is -2.38. The van der Waals surface area contributed by atoms with E-state index in [2.05, 4.69) is 5.32 Å². The first-order chi connectivity index (χ1) is 19.2. The van der Waals surface area contributed by atoms with Crippen molar-refractivity contribution in [2.24, 2.45) is 0 Å². The molecular weight excluding hydrogens is 558 g/mol. The van der Waals surface area contributed by atoms with Crippen LogP contribution in [0, 0.1) is 0 Å². The van der Waals surface area contributed by atoms with Crippen molar-refractivity contribution in [1.29, 1.82) is 0 Å². The maximum absolute atomic E-state index is 14.0. The van der Waals surface area contributed by atoms with E-state index in [0.29, 0.717) is 24.4 Å². The minimum absolute atomic E-state index is 0.0568. The summed E-state index contributed by atoms with van der Waals surface area (Å²) >= 11 is 6.23. The Morgan fingerprint density at radius 3 is 2.23 bits per heavy atom. The van der Waals surface area contributed by atoms with Gasteiger partial charge in [0.05, 0.1) is 43.2 Å². The van der Waals surface area contributed by atoms with Crippen LogP contribution < -0.4 is 23.8 Å². The van der Waals surface area contributed by atoms with Crippen molar-refractivity contribution in [3.63, 3.8) is 0 Å². The molecule has 4 rings (SSSR count). The molecule has 1 saturated heterocycles. The Hall–Kier alpha value is -3.96. The van der Waals surface area contributed by atoms with Gasteiger partial charge in [0, 0.05) is 24.2 Å². The van der Waals surface area contributed by atoms with Crippen LogP contribution >= 0.6 is 11.6 Å². The van der Waals surface area contributed by atoms with Crippen LogP contribution in [0.4, 0.5) is 11.4 Å². The number of benzene rings is 3. The van der Waals surface area contributed by atoms with Crippen molar-refractivity contribution in [2.75, 3.05) is 50.6 Å². The smallest absolute Gasteiger partial charge is 0.265 e. The summed E-state index contributed by atoms with van der Waals surface area (Å²) in [5, 5.41) is 2.96. The van der Waals surface area contributed by atoms with E-state index in [9.17, 15) is 18.0 Å². The largest absolute Gasteiger partial charge is 0.495 e. The molecule has 0 spiro atoms. The van der Waals surface area contributed by atoms with Crippen LogP contribution in [0.25, 0.3) is 0 Å². The number of anilines is 2. The molecule has 0 aliphatic carbocycles. The minimum atomic E-state index is -4.36. The zero-order chi connectivity index (χ0) is 28.9. The number of nitrogens with one attached hydrogen (secondary N) is 1. The fourth-order valence-electron chi connectivity index (χ4n) is 4.45. The van der Waals surface area contributed by atoms with Crippen molar-refractivity contribution >= 4 is 44.8 Å². The summed E-state index contributed by atoms with van der Waals surface area (Å²) in [5.74, 6) is -0.149. The van der Waals surface area contributed by atoms with Gasteiger partial charge in [0.15, 0.2) is 11.5 Å². The highest BCUT2D eigenvalue weighted by Crippen LogP contribution is 2.37. The van der Waals surface area contributed by atoms with E-state index in [1.165, 1.54) is 51.7 Å². The number of sulfonamides is 1. The topological polar surface area (TPSA) is 114 Å². The van der Waals surface area contributed by atoms with Crippen molar-refractivity contribution in [3.05, 3.63) is 71.2 Å². The van der Waals surface area contributed by atoms with Crippen LogP contribution in [0.2, 0.25) is 5.02 Å². The molecule has 1 fully saturated rings. The van der Waals surface area contributed by atoms with Crippen LogP contribution in [-0.2, 0) is 14.8 Å². The van der Waals surface area contributed by atoms with E-state index in [1.54, 1.807) is 35.2 Å². The summed E-state index contributed by atoms with van der Waals surface area (Å²) in [5.41, 5.74) is 0.666. The molecule has 0 saturated carbocycles. The minimum Gasteiger partial charge on any atom is -0.495 e. The summed E-state index contributed by atoms with van der Waals surface area (Å²) in [6.45, 7) is 0.652. The van der Waals surface area contributed by atoms with Gasteiger partial charge in [-0.15, -0.1) is 0 Å². The number of methoxy groups -OCH3 is 3. The second kappa shape index (κ2) is 12.5. The Bertz CT molecular complexity index is 1510. The number of carbonyl (C=O) groups excluding carboxylic acids is 2. The van der Waals surface area contributed by atoms with E-state index in [1.807, 2.05) is 0 Å². The molecule has 1 N–H and O–H groups in total.